The minimum absolute atomic E-state index is 0.0311. The summed E-state index contributed by atoms with van der Waals surface area (Å²) in [6, 6.07) is 0. The quantitative estimate of drug-likeness (QED) is 0.506. The van der Waals surface area contributed by atoms with E-state index in [1.807, 2.05) is 6.92 Å². The highest BCUT2D eigenvalue weighted by Crippen LogP contribution is 2.25. The number of amides is 1. The van der Waals surface area contributed by atoms with Gasteiger partial charge in [0.2, 0.25) is 5.91 Å². The van der Waals surface area contributed by atoms with Crippen LogP contribution in [-0.2, 0) is 9.59 Å². The molecular weight excluding hydrogens is 202 g/mol. The minimum Gasteiger partial charge on any atom is -0.352 e. The van der Waals surface area contributed by atoms with Crippen LogP contribution in [0.1, 0.15) is 33.1 Å². The first-order chi connectivity index (χ1) is 7.52. The maximum atomic E-state index is 11.9. The molecule has 0 aliphatic carbocycles. The molecule has 0 radical (unpaired) electrons. The Hall–Kier alpha value is -1.38. The second-order valence-corrected chi connectivity index (χ2v) is 3.93. The van der Waals surface area contributed by atoms with Gasteiger partial charge in [-0.3, -0.25) is 9.59 Å². The SMILES string of the molecule is C=CCCC(=O)C(C)(CC)C(=O)NCC=C. The fourth-order valence-electron chi connectivity index (χ4n) is 1.35. The molecule has 0 aromatic heterocycles. The van der Waals surface area contributed by atoms with Crippen molar-refractivity contribution in [3.63, 3.8) is 0 Å². The Morgan fingerprint density at radius 3 is 2.38 bits per heavy atom. The zero-order valence-corrected chi connectivity index (χ0v) is 10.2. The van der Waals surface area contributed by atoms with E-state index in [9.17, 15) is 9.59 Å². The van der Waals surface area contributed by atoms with Gasteiger partial charge < -0.3 is 5.32 Å². The second kappa shape index (κ2) is 6.99. The maximum absolute atomic E-state index is 11.9. The van der Waals surface area contributed by atoms with E-state index in [4.69, 9.17) is 0 Å². The van der Waals surface area contributed by atoms with Gasteiger partial charge in [-0.2, -0.15) is 0 Å². The molecule has 3 heteroatoms. The number of Topliss-reactive ketones (excluding diaryl/α,β-unsaturated/α-hetero) is 1. The monoisotopic (exact) mass is 223 g/mol. The zero-order chi connectivity index (χ0) is 12.6. The smallest absolute Gasteiger partial charge is 0.233 e. The van der Waals surface area contributed by atoms with Gasteiger partial charge in [0.1, 0.15) is 11.2 Å². The summed E-state index contributed by atoms with van der Waals surface area (Å²) in [7, 11) is 0. The summed E-state index contributed by atoms with van der Waals surface area (Å²) < 4.78 is 0. The highest BCUT2D eigenvalue weighted by Gasteiger charge is 2.37. The third-order valence-corrected chi connectivity index (χ3v) is 2.81. The summed E-state index contributed by atoms with van der Waals surface area (Å²) in [5.41, 5.74) is -0.925. The molecule has 1 amide bonds. The van der Waals surface area contributed by atoms with Crippen molar-refractivity contribution in [2.24, 2.45) is 5.41 Å². The van der Waals surface area contributed by atoms with Crippen LogP contribution in [0.5, 0.6) is 0 Å². The van der Waals surface area contributed by atoms with Gasteiger partial charge >= 0.3 is 0 Å². The molecule has 3 nitrogen and oxygen atoms in total. The highest BCUT2D eigenvalue weighted by atomic mass is 16.2. The lowest BCUT2D eigenvalue weighted by atomic mass is 9.80. The number of nitrogens with one attached hydrogen (secondary N) is 1. The first kappa shape index (κ1) is 14.6. The van der Waals surface area contributed by atoms with Crippen molar-refractivity contribution in [1.29, 1.82) is 0 Å². The normalized spacial score (nSPS) is 13.6. The molecule has 16 heavy (non-hydrogen) atoms. The number of allylic oxidation sites excluding steroid dienone is 1. The average molecular weight is 223 g/mol. The van der Waals surface area contributed by atoms with Gasteiger partial charge in [-0.25, -0.2) is 0 Å². The van der Waals surface area contributed by atoms with Crippen LogP contribution in [0.3, 0.4) is 0 Å². The number of ketones is 1. The van der Waals surface area contributed by atoms with Gasteiger partial charge in [0, 0.05) is 13.0 Å². The number of hydrogen-bond donors (Lipinski definition) is 1. The molecule has 0 aliphatic heterocycles. The van der Waals surface area contributed by atoms with Crippen molar-refractivity contribution in [3.8, 4) is 0 Å². The summed E-state index contributed by atoms with van der Waals surface area (Å²) in [5.74, 6) is -0.250. The average Bonchev–Trinajstić information content (AvgIpc) is 2.31. The number of rotatable bonds is 8. The van der Waals surface area contributed by atoms with Crippen LogP contribution in [0.25, 0.3) is 0 Å². The Labute approximate surface area is 97.6 Å². The topological polar surface area (TPSA) is 46.2 Å². The van der Waals surface area contributed by atoms with Gasteiger partial charge in [-0.05, 0) is 19.8 Å². The standard InChI is InChI=1S/C13H21NO2/c1-5-8-9-11(15)13(4,7-3)12(16)14-10-6-2/h5-6H,1-2,7-10H2,3-4H3,(H,14,16). The molecule has 0 aromatic carbocycles. The molecule has 0 saturated heterocycles. The Morgan fingerprint density at radius 2 is 1.94 bits per heavy atom. The fourth-order valence-corrected chi connectivity index (χ4v) is 1.35. The van der Waals surface area contributed by atoms with E-state index in [0.29, 0.717) is 25.8 Å². The van der Waals surface area contributed by atoms with Gasteiger partial charge in [0.05, 0.1) is 0 Å². The first-order valence-corrected chi connectivity index (χ1v) is 5.56. The molecule has 0 rings (SSSR count). The summed E-state index contributed by atoms with van der Waals surface area (Å²) in [5, 5.41) is 2.68. The molecule has 0 fully saturated rings. The third-order valence-electron chi connectivity index (χ3n) is 2.81. The number of hydrogen-bond acceptors (Lipinski definition) is 2. The molecule has 0 heterocycles. The van der Waals surface area contributed by atoms with Crippen LogP contribution in [0.4, 0.5) is 0 Å². The molecule has 1 N–H and O–H groups in total. The summed E-state index contributed by atoms with van der Waals surface area (Å²) >= 11 is 0. The van der Waals surface area contributed by atoms with Crippen molar-refractivity contribution < 1.29 is 9.59 Å². The molecule has 0 aromatic rings. The van der Waals surface area contributed by atoms with Crippen LogP contribution in [0.2, 0.25) is 0 Å². The molecule has 1 unspecified atom stereocenters. The Bertz CT molecular complexity index is 258. The van der Waals surface area contributed by atoms with Gasteiger partial charge in [0.15, 0.2) is 0 Å². The largest absolute Gasteiger partial charge is 0.352 e. The first-order valence-electron chi connectivity index (χ1n) is 5.56. The highest BCUT2D eigenvalue weighted by molar-refractivity contribution is 6.05. The Morgan fingerprint density at radius 1 is 1.31 bits per heavy atom. The van der Waals surface area contributed by atoms with Gasteiger partial charge in [-0.15, -0.1) is 13.2 Å². The molecule has 0 spiro atoms. The fraction of sp³-hybridized carbons (Fsp3) is 0.538. The van der Waals surface area contributed by atoms with E-state index < -0.39 is 5.41 Å². The van der Waals surface area contributed by atoms with E-state index in [-0.39, 0.29) is 11.7 Å². The van der Waals surface area contributed by atoms with Crippen molar-refractivity contribution in [2.45, 2.75) is 33.1 Å². The van der Waals surface area contributed by atoms with Gasteiger partial charge in [0.25, 0.3) is 0 Å². The minimum atomic E-state index is -0.925. The van der Waals surface area contributed by atoms with E-state index in [0.717, 1.165) is 0 Å². The maximum Gasteiger partial charge on any atom is 0.233 e. The molecule has 0 bridgehead atoms. The van der Waals surface area contributed by atoms with Crippen LogP contribution < -0.4 is 5.32 Å². The van der Waals surface area contributed by atoms with E-state index in [2.05, 4.69) is 18.5 Å². The molecule has 0 aliphatic rings. The molecule has 0 saturated carbocycles. The Balaban J connectivity index is 4.60. The Kier molecular flexibility index (Phi) is 6.38. The van der Waals surface area contributed by atoms with E-state index in [1.54, 1.807) is 19.1 Å². The lowest BCUT2D eigenvalue weighted by Crippen LogP contribution is -2.44. The molecule has 1 atom stereocenters. The molecular formula is C13H21NO2. The van der Waals surface area contributed by atoms with Crippen molar-refractivity contribution >= 4 is 11.7 Å². The summed E-state index contributed by atoms with van der Waals surface area (Å²) in [6.45, 7) is 11.0. The van der Waals surface area contributed by atoms with Crippen molar-refractivity contribution in [2.75, 3.05) is 6.54 Å². The summed E-state index contributed by atoms with van der Waals surface area (Å²) in [4.78, 5) is 23.8. The van der Waals surface area contributed by atoms with E-state index >= 15 is 0 Å². The second-order valence-electron chi connectivity index (χ2n) is 3.93. The number of carbonyl (C=O) groups is 2. The van der Waals surface area contributed by atoms with Crippen LogP contribution >= 0.6 is 0 Å². The predicted octanol–water partition coefficient (Wildman–Crippen LogP) is 2.24. The number of carbonyl (C=O) groups excluding carboxylic acids is 2. The third kappa shape index (κ3) is 3.65. The van der Waals surface area contributed by atoms with Crippen LogP contribution in [-0.4, -0.2) is 18.2 Å². The van der Waals surface area contributed by atoms with Crippen LogP contribution in [0, 0.1) is 5.41 Å². The lowest BCUT2D eigenvalue weighted by Gasteiger charge is -2.25. The van der Waals surface area contributed by atoms with Gasteiger partial charge in [-0.1, -0.05) is 19.1 Å². The van der Waals surface area contributed by atoms with E-state index in [1.165, 1.54) is 0 Å². The van der Waals surface area contributed by atoms with Crippen LogP contribution in [0.15, 0.2) is 25.3 Å². The van der Waals surface area contributed by atoms with Crippen molar-refractivity contribution in [1.82, 2.24) is 5.32 Å². The lowest BCUT2D eigenvalue weighted by molar-refractivity contribution is -0.141. The summed E-state index contributed by atoms with van der Waals surface area (Å²) in [6.07, 6.45) is 4.78. The zero-order valence-electron chi connectivity index (χ0n) is 10.2. The predicted molar refractivity (Wildman–Crippen MR) is 66.0 cm³/mol. The van der Waals surface area contributed by atoms with Crippen molar-refractivity contribution in [3.05, 3.63) is 25.3 Å². The molecule has 90 valence electrons.